The monoisotopic (exact) mass is 377 g/mol. The molecule has 0 aliphatic carbocycles. The molecule has 1 aromatic carbocycles. The van der Waals surface area contributed by atoms with E-state index in [2.05, 4.69) is 15.9 Å². The Balaban J connectivity index is 2.56. The van der Waals surface area contributed by atoms with Gasteiger partial charge in [-0.3, -0.25) is 0 Å². The van der Waals surface area contributed by atoms with Gasteiger partial charge in [-0.15, -0.1) is 0 Å². The Morgan fingerprint density at radius 1 is 1.48 bits per heavy atom. The number of carboxylic acids is 1. The lowest BCUT2D eigenvalue weighted by Gasteiger charge is -2.32. The highest BCUT2D eigenvalue weighted by atomic mass is 79.9. The number of aromatic carboxylic acids is 1. The number of morpholine rings is 1. The summed E-state index contributed by atoms with van der Waals surface area (Å²) in [7, 11) is -3.78. The number of carbonyl (C=O) groups is 1. The van der Waals surface area contributed by atoms with Gasteiger partial charge in [-0.2, -0.15) is 4.31 Å². The minimum Gasteiger partial charge on any atom is -0.478 e. The van der Waals surface area contributed by atoms with E-state index < -0.39 is 16.0 Å². The Labute approximate surface area is 131 Å². The predicted octanol–water partition coefficient (Wildman–Crippen LogP) is 1.87. The van der Waals surface area contributed by atoms with Gasteiger partial charge in [0.05, 0.1) is 23.7 Å². The molecule has 1 aliphatic rings. The number of halogens is 1. The minimum absolute atomic E-state index is 0.0198. The van der Waals surface area contributed by atoms with Crippen LogP contribution in [0.1, 0.15) is 22.8 Å². The van der Waals surface area contributed by atoms with Crippen LogP contribution >= 0.6 is 15.9 Å². The highest BCUT2D eigenvalue weighted by molar-refractivity contribution is 9.10. The second-order valence-electron chi connectivity index (χ2n) is 4.95. The van der Waals surface area contributed by atoms with Crippen molar-refractivity contribution in [1.82, 2.24) is 4.31 Å². The van der Waals surface area contributed by atoms with Crippen molar-refractivity contribution >= 4 is 31.9 Å². The van der Waals surface area contributed by atoms with Crippen LogP contribution in [0.2, 0.25) is 0 Å². The molecule has 0 saturated carbocycles. The quantitative estimate of drug-likeness (QED) is 0.868. The van der Waals surface area contributed by atoms with Gasteiger partial charge in [0.2, 0.25) is 10.0 Å². The first-order valence-corrected chi connectivity index (χ1v) is 8.61. The molecule has 0 unspecified atom stereocenters. The highest BCUT2D eigenvalue weighted by Gasteiger charge is 2.33. The molecule has 2 rings (SSSR count). The van der Waals surface area contributed by atoms with E-state index in [4.69, 9.17) is 9.84 Å². The molecule has 116 valence electrons. The van der Waals surface area contributed by atoms with Crippen molar-refractivity contribution in [2.24, 2.45) is 0 Å². The number of hydrogen-bond donors (Lipinski definition) is 1. The largest absolute Gasteiger partial charge is 0.478 e. The molecule has 1 atom stereocenters. The van der Waals surface area contributed by atoms with Crippen molar-refractivity contribution in [2.75, 3.05) is 19.8 Å². The molecule has 1 heterocycles. The van der Waals surface area contributed by atoms with Crippen LogP contribution in [0.15, 0.2) is 21.5 Å². The summed E-state index contributed by atoms with van der Waals surface area (Å²) < 4.78 is 32.6. The van der Waals surface area contributed by atoms with Crippen LogP contribution in [0, 0.1) is 6.92 Å². The van der Waals surface area contributed by atoms with Gasteiger partial charge in [-0.25, -0.2) is 13.2 Å². The molecular formula is C13H16BrNO5S. The van der Waals surface area contributed by atoms with Crippen LogP contribution in [-0.4, -0.2) is 49.6 Å². The fourth-order valence-electron chi connectivity index (χ4n) is 2.24. The Morgan fingerprint density at radius 2 is 2.14 bits per heavy atom. The van der Waals surface area contributed by atoms with Crippen LogP contribution < -0.4 is 0 Å². The lowest BCUT2D eigenvalue weighted by molar-refractivity contribution is 0.0392. The van der Waals surface area contributed by atoms with Crippen LogP contribution in [0.5, 0.6) is 0 Å². The minimum atomic E-state index is -3.78. The first-order valence-electron chi connectivity index (χ1n) is 6.38. The van der Waals surface area contributed by atoms with E-state index in [0.717, 1.165) is 0 Å². The van der Waals surface area contributed by atoms with Crippen molar-refractivity contribution in [2.45, 2.75) is 24.8 Å². The number of sulfonamides is 1. The van der Waals surface area contributed by atoms with Crippen LogP contribution in [0.25, 0.3) is 0 Å². The molecule has 0 bridgehead atoms. The molecule has 1 fully saturated rings. The molecule has 8 heteroatoms. The summed E-state index contributed by atoms with van der Waals surface area (Å²) in [6, 6.07) is 2.34. The zero-order valence-corrected chi connectivity index (χ0v) is 14.1. The summed E-state index contributed by atoms with van der Waals surface area (Å²) >= 11 is 3.26. The maximum absolute atomic E-state index is 12.8. The maximum atomic E-state index is 12.8. The van der Waals surface area contributed by atoms with Crippen LogP contribution in [-0.2, 0) is 14.8 Å². The first kappa shape index (κ1) is 16.4. The van der Waals surface area contributed by atoms with E-state index in [1.54, 1.807) is 13.8 Å². The summed E-state index contributed by atoms with van der Waals surface area (Å²) in [5.74, 6) is -1.16. The third kappa shape index (κ3) is 3.13. The van der Waals surface area contributed by atoms with Gasteiger partial charge in [0.1, 0.15) is 0 Å². The zero-order valence-electron chi connectivity index (χ0n) is 11.7. The van der Waals surface area contributed by atoms with E-state index in [-0.39, 0.29) is 23.0 Å². The zero-order chi connectivity index (χ0) is 15.8. The Morgan fingerprint density at radius 3 is 2.71 bits per heavy atom. The van der Waals surface area contributed by atoms with Crippen LogP contribution in [0.4, 0.5) is 0 Å². The summed E-state index contributed by atoms with van der Waals surface area (Å²) in [6.07, 6.45) is 0. The molecule has 21 heavy (non-hydrogen) atoms. The number of hydrogen-bond acceptors (Lipinski definition) is 4. The van der Waals surface area contributed by atoms with Gasteiger partial charge in [-0.1, -0.05) is 0 Å². The van der Waals surface area contributed by atoms with Crippen LogP contribution in [0.3, 0.4) is 0 Å². The molecule has 0 amide bonds. The van der Waals surface area contributed by atoms with Gasteiger partial charge in [0.15, 0.2) is 0 Å². The van der Waals surface area contributed by atoms with E-state index in [1.165, 1.54) is 16.4 Å². The average molecular weight is 378 g/mol. The smallest absolute Gasteiger partial charge is 0.335 e. The first-order chi connectivity index (χ1) is 9.75. The molecule has 1 saturated heterocycles. The Kier molecular flexibility index (Phi) is 4.72. The lowest BCUT2D eigenvalue weighted by Crippen LogP contribution is -2.47. The lowest BCUT2D eigenvalue weighted by atomic mass is 10.1. The second-order valence-corrected chi connectivity index (χ2v) is 7.60. The molecule has 1 aliphatic heterocycles. The molecule has 1 N–H and O–H groups in total. The summed E-state index contributed by atoms with van der Waals surface area (Å²) in [5, 5.41) is 9.11. The molecule has 0 aromatic heterocycles. The average Bonchev–Trinajstić information content (AvgIpc) is 2.41. The number of ether oxygens (including phenoxy) is 1. The molecular weight excluding hydrogens is 362 g/mol. The van der Waals surface area contributed by atoms with Gasteiger partial charge in [0.25, 0.3) is 0 Å². The third-order valence-electron chi connectivity index (χ3n) is 3.36. The van der Waals surface area contributed by atoms with Crippen molar-refractivity contribution < 1.29 is 23.1 Å². The number of aryl methyl sites for hydroxylation is 1. The van der Waals surface area contributed by atoms with Gasteiger partial charge >= 0.3 is 5.97 Å². The second kappa shape index (κ2) is 6.04. The summed E-state index contributed by atoms with van der Waals surface area (Å²) in [6.45, 7) is 4.34. The van der Waals surface area contributed by atoms with E-state index in [0.29, 0.717) is 23.2 Å². The van der Waals surface area contributed by atoms with Crippen molar-refractivity contribution in [1.29, 1.82) is 0 Å². The number of benzene rings is 1. The van der Waals surface area contributed by atoms with Gasteiger partial charge < -0.3 is 9.84 Å². The normalized spacial score (nSPS) is 20.4. The highest BCUT2D eigenvalue weighted by Crippen LogP contribution is 2.31. The number of carboxylic acid groups (broad SMARTS) is 1. The molecule has 6 nitrogen and oxygen atoms in total. The Bertz CT molecular complexity index is 673. The molecule has 0 radical (unpaired) electrons. The SMILES string of the molecule is Cc1cc(C(=O)O)cc(S(=O)(=O)N2CCOC[C@H]2C)c1Br. The fourth-order valence-corrected chi connectivity index (χ4v) is 4.85. The summed E-state index contributed by atoms with van der Waals surface area (Å²) in [4.78, 5) is 11.1. The predicted molar refractivity (Wildman–Crippen MR) is 80.0 cm³/mol. The van der Waals surface area contributed by atoms with Crippen molar-refractivity contribution in [3.05, 3.63) is 27.7 Å². The number of rotatable bonds is 3. The van der Waals surface area contributed by atoms with Gasteiger partial charge in [-0.05, 0) is 47.5 Å². The number of nitrogens with zero attached hydrogens (tertiary/aromatic N) is 1. The molecule has 0 spiro atoms. The van der Waals surface area contributed by atoms with E-state index in [1.807, 2.05) is 0 Å². The van der Waals surface area contributed by atoms with Crippen molar-refractivity contribution in [3.63, 3.8) is 0 Å². The maximum Gasteiger partial charge on any atom is 0.335 e. The standard InChI is InChI=1S/C13H16BrNO5S/c1-8-5-10(13(16)17)6-11(12(8)14)21(18,19)15-3-4-20-7-9(15)2/h5-6,9H,3-4,7H2,1-2H3,(H,16,17)/t9-/m1/s1. The Hall–Kier alpha value is -0.960. The van der Waals surface area contributed by atoms with Gasteiger partial charge in [0, 0.05) is 17.1 Å². The molecule has 1 aromatic rings. The fraction of sp³-hybridized carbons (Fsp3) is 0.462. The third-order valence-corrected chi connectivity index (χ3v) is 6.71. The topological polar surface area (TPSA) is 83.9 Å². The van der Waals surface area contributed by atoms with E-state index >= 15 is 0 Å². The van der Waals surface area contributed by atoms with Crippen molar-refractivity contribution in [3.8, 4) is 0 Å². The summed E-state index contributed by atoms with van der Waals surface area (Å²) in [5.41, 5.74) is 0.518. The van der Waals surface area contributed by atoms with E-state index in [9.17, 15) is 13.2 Å².